The number of hydrogen-bond acceptors (Lipinski definition) is 4. The Bertz CT molecular complexity index is 486. The Morgan fingerprint density at radius 3 is 2.73 bits per heavy atom. The van der Waals surface area contributed by atoms with E-state index < -0.39 is 11.8 Å². The number of aromatic nitrogens is 1. The third-order valence-electron chi connectivity index (χ3n) is 3.76. The number of rotatable bonds is 5. The molecule has 120 valence electrons. The molecule has 2 heterocycles. The van der Waals surface area contributed by atoms with Crippen molar-refractivity contribution >= 4 is 17.5 Å². The van der Waals surface area contributed by atoms with Gasteiger partial charge in [0, 0.05) is 19.3 Å². The summed E-state index contributed by atoms with van der Waals surface area (Å²) in [4.78, 5) is 29.9. The minimum absolute atomic E-state index is 0.327. The van der Waals surface area contributed by atoms with E-state index >= 15 is 0 Å². The van der Waals surface area contributed by atoms with Gasteiger partial charge in [0.2, 0.25) is 0 Å². The van der Waals surface area contributed by atoms with Crippen molar-refractivity contribution in [1.29, 1.82) is 0 Å². The quantitative estimate of drug-likeness (QED) is 0.803. The highest BCUT2D eigenvalue weighted by Crippen LogP contribution is 2.10. The maximum absolute atomic E-state index is 11.8. The van der Waals surface area contributed by atoms with Gasteiger partial charge in [0.1, 0.15) is 0 Å². The van der Waals surface area contributed by atoms with Crippen LogP contribution in [0.4, 0.5) is 5.69 Å². The fraction of sp³-hybridized carbons (Fsp3) is 0.562. The molecule has 1 aromatic rings. The lowest BCUT2D eigenvalue weighted by Gasteiger charge is -2.29. The van der Waals surface area contributed by atoms with Crippen molar-refractivity contribution < 1.29 is 9.59 Å². The maximum atomic E-state index is 11.8. The maximum Gasteiger partial charge on any atom is 0.313 e. The highest BCUT2D eigenvalue weighted by atomic mass is 16.2. The number of pyridine rings is 1. The van der Waals surface area contributed by atoms with Crippen molar-refractivity contribution in [3.05, 3.63) is 24.5 Å². The second-order valence-corrected chi connectivity index (χ2v) is 5.87. The number of nitrogens with zero attached hydrogens (tertiary/aromatic N) is 2. The largest absolute Gasteiger partial charge is 0.348 e. The van der Waals surface area contributed by atoms with Gasteiger partial charge in [0.25, 0.3) is 0 Å². The number of piperidine rings is 1. The topological polar surface area (TPSA) is 74.3 Å². The highest BCUT2D eigenvalue weighted by Gasteiger charge is 2.17. The lowest BCUT2D eigenvalue weighted by Crippen LogP contribution is -2.41. The fourth-order valence-corrected chi connectivity index (χ4v) is 2.62. The third-order valence-corrected chi connectivity index (χ3v) is 3.76. The lowest BCUT2D eigenvalue weighted by molar-refractivity contribution is -0.136. The summed E-state index contributed by atoms with van der Waals surface area (Å²) in [7, 11) is 0. The second-order valence-electron chi connectivity index (χ2n) is 5.87. The van der Waals surface area contributed by atoms with Crippen LogP contribution in [0.3, 0.4) is 0 Å². The summed E-state index contributed by atoms with van der Waals surface area (Å²) in [5.74, 6) is -0.930. The van der Waals surface area contributed by atoms with Gasteiger partial charge in [-0.05, 0) is 44.0 Å². The van der Waals surface area contributed by atoms with E-state index in [1.54, 1.807) is 18.3 Å². The van der Waals surface area contributed by atoms with Crippen LogP contribution in [0.25, 0.3) is 0 Å². The Kier molecular flexibility index (Phi) is 6.33. The van der Waals surface area contributed by atoms with E-state index in [-0.39, 0.29) is 0 Å². The van der Waals surface area contributed by atoms with E-state index in [1.807, 2.05) is 0 Å². The molecule has 1 aliphatic heterocycles. The third kappa shape index (κ3) is 5.44. The standard InChI is InChI=1S/C16H24N4O2/c1-13(12-20-8-3-2-4-9-20)10-18-15(21)16(22)19-14-6-5-7-17-11-14/h5-7,11,13H,2-4,8-10,12H2,1H3,(H,18,21)(H,19,22). The number of hydrogen-bond donors (Lipinski definition) is 2. The van der Waals surface area contributed by atoms with Crippen molar-refractivity contribution in [3.8, 4) is 0 Å². The number of nitrogens with one attached hydrogen (secondary N) is 2. The predicted molar refractivity (Wildman–Crippen MR) is 85.3 cm³/mol. The fourth-order valence-electron chi connectivity index (χ4n) is 2.62. The summed E-state index contributed by atoms with van der Waals surface area (Å²) in [6, 6.07) is 3.39. The first-order chi connectivity index (χ1) is 10.6. The van der Waals surface area contributed by atoms with Gasteiger partial charge in [0.15, 0.2) is 0 Å². The summed E-state index contributed by atoms with van der Waals surface area (Å²) >= 11 is 0. The molecule has 1 aromatic heterocycles. The van der Waals surface area contributed by atoms with Gasteiger partial charge in [-0.15, -0.1) is 0 Å². The molecule has 0 saturated carbocycles. The van der Waals surface area contributed by atoms with Crippen molar-refractivity contribution in [2.45, 2.75) is 26.2 Å². The average molecular weight is 304 g/mol. The van der Waals surface area contributed by atoms with Crippen LogP contribution in [0.15, 0.2) is 24.5 Å². The summed E-state index contributed by atoms with van der Waals surface area (Å²) in [5.41, 5.74) is 0.518. The normalized spacial score (nSPS) is 16.8. The van der Waals surface area contributed by atoms with Crippen molar-refractivity contribution in [2.24, 2.45) is 5.92 Å². The molecule has 0 radical (unpaired) electrons. The Hall–Kier alpha value is -1.95. The van der Waals surface area contributed by atoms with Crippen molar-refractivity contribution in [3.63, 3.8) is 0 Å². The first-order valence-corrected chi connectivity index (χ1v) is 7.86. The zero-order valence-corrected chi connectivity index (χ0v) is 13.0. The summed E-state index contributed by atoms with van der Waals surface area (Å²) in [5, 5.41) is 5.22. The van der Waals surface area contributed by atoms with Crippen LogP contribution in [-0.4, -0.2) is 47.9 Å². The lowest BCUT2D eigenvalue weighted by atomic mass is 10.1. The highest BCUT2D eigenvalue weighted by molar-refractivity contribution is 6.39. The SMILES string of the molecule is CC(CNC(=O)C(=O)Nc1cccnc1)CN1CCCCC1. The molecule has 0 aromatic carbocycles. The molecule has 0 spiro atoms. The van der Waals surface area contributed by atoms with Crippen LogP contribution in [0, 0.1) is 5.92 Å². The number of carbonyl (C=O) groups is 2. The molecule has 6 nitrogen and oxygen atoms in total. The summed E-state index contributed by atoms with van der Waals surface area (Å²) in [6.07, 6.45) is 6.94. The Morgan fingerprint density at radius 2 is 2.05 bits per heavy atom. The molecule has 6 heteroatoms. The van der Waals surface area contributed by atoms with Gasteiger partial charge < -0.3 is 15.5 Å². The molecule has 1 saturated heterocycles. The molecule has 2 amide bonds. The van der Waals surface area contributed by atoms with E-state index in [2.05, 4.69) is 27.4 Å². The van der Waals surface area contributed by atoms with Gasteiger partial charge in [-0.2, -0.15) is 0 Å². The van der Waals surface area contributed by atoms with Crippen LogP contribution >= 0.6 is 0 Å². The van der Waals surface area contributed by atoms with E-state index in [0.717, 1.165) is 19.6 Å². The van der Waals surface area contributed by atoms with Crippen molar-refractivity contribution in [2.75, 3.05) is 31.5 Å². The van der Waals surface area contributed by atoms with Crippen molar-refractivity contribution in [1.82, 2.24) is 15.2 Å². The molecular weight excluding hydrogens is 280 g/mol. The van der Waals surface area contributed by atoms with Crippen LogP contribution in [0.1, 0.15) is 26.2 Å². The van der Waals surface area contributed by atoms with Gasteiger partial charge in [-0.25, -0.2) is 0 Å². The van der Waals surface area contributed by atoms with Gasteiger partial charge in [-0.3, -0.25) is 14.6 Å². The number of carbonyl (C=O) groups excluding carboxylic acids is 2. The molecule has 0 aliphatic carbocycles. The summed E-state index contributed by atoms with van der Waals surface area (Å²) in [6.45, 7) is 5.84. The number of amides is 2. The van der Waals surface area contributed by atoms with Gasteiger partial charge in [0.05, 0.1) is 11.9 Å². The minimum Gasteiger partial charge on any atom is -0.348 e. The molecule has 1 atom stereocenters. The average Bonchev–Trinajstić information content (AvgIpc) is 2.54. The zero-order chi connectivity index (χ0) is 15.8. The predicted octanol–water partition coefficient (Wildman–Crippen LogP) is 1.26. The van der Waals surface area contributed by atoms with E-state index in [1.165, 1.54) is 25.5 Å². The van der Waals surface area contributed by atoms with Gasteiger partial charge >= 0.3 is 11.8 Å². The molecular formula is C16H24N4O2. The minimum atomic E-state index is -0.654. The second kappa shape index (κ2) is 8.48. The first kappa shape index (κ1) is 16.4. The van der Waals surface area contributed by atoms with Crippen LogP contribution < -0.4 is 10.6 Å². The summed E-state index contributed by atoms with van der Waals surface area (Å²) < 4.78 is 0. The molecule has 1 aliphatic rings. The molecule has 2 N–H and O–H groups in total. The Morgan fingerprint density at radius 1 is 1.27 bits per heavy atom. The van der Waals surface area contributed by atoms with Crippen LogP contribution in [0.5, 0.6) is 0 Å². The van der Waals surface area contributed by atoms with E-state index in [0.29, 0.717) is 18.2 Å². The smallest absolute Gasteiger partial charge is 0.313 e. The van der Waals surface area contributed by atoms with E-state index in [4.69, 9.17) is 0 Å². The number of anilines is 1. The molecule has 2 rings (SSSR count). The molecule has 0 bridgehead atoms. The Balaban J connectivity index is 1.68. The first-order valence-electron chi connectivity index (χ1n) is 7.86. The van der Waals surface area contributed by atoms with Gasteiger partial charge in [-0.1, -0.05) is 13.3 Å². The molecule has 1 unspecified atom stereocenters. The van der Waals surface area contributed by atoms with E-state index in [9.17, 15) is 9.59 Å². The molecule has 1 fully saturated rings. The van der Waals surface area contributed by atoms with Crippen LogP contribution in [-0.2, 0) is 9.59 Å². The number of likely N-dealkylation sites (tertiary alicyclic amines) is 1. The molecule has 22 heavy (non-hydrogen) atoms. The Labute approximate surface area is 131 Å². The monoisotopic (exact) mass is 304 g/mol. The van der Waals surface area contributed by atoms with Crippen LogP contribution in [0.2, 0.25) is 0 Å². The zero-order valence-electron chi connectivity index (χ0n) is 13.0.